The average Bonchev–Trinajstić information content (AvgIpc) is 3.41. The zero-order valence-electron chi connectivity index (χ0n) is 16.6. The molecule has 0 aromatic carbocycles. The highest BCUT2D eigenvalue weighted by Gasteiger charge is 2.31. The second kappa shape index (κ2) is 9.33. The summed E-state index contributed by atoms with van der Waals surface area (Å²) in [6.07, 6.45) is 4.71. The van der Waals surface area contributed by atoms with Gasteiger partial charge in [-0.25, -0.2) is 4.98 Å². The minimum absolute atomic E-state index is 0.0317. The molecule has 1 saturated heterocycles. The molecule has 3 aromatic heterocycles. The van der Waals surface area contributed by atoms with Gasteiger partial charge in [0.05, 0.1) is 19.8 Å². The predicted octanol–water partition coefficient (Wildman–Crippen LogP) is 1.47. The van der Waals surface area contributed by atoms with Gasteiger partial charge in [0.25, 0.3) is 5.91 Å². The molecule has 0 aliphatic carbocycles. The smallest absolute Gasteiger partial charge is 0.261 e. The molecule has 1 aliphatic heterocycles. The number of amides is 2. The molecule has 4 heterocycles. The Balaban J connectivity index is 1.58. The number of pyridine rings is 1. The topological polar surface area (TPSA) is 98.6 Å². The molecule has 2 amide bonds. The van der Waals surface area contributed by atoms with E-state index in [2.05, 4.69) is 15.4 Å². The van der Waals surface area contributed by atoms with E-state index in [-0.39, 0.29) is 18.4 Å². The number of fused-ring (bicyclic) bond motifs is 1. The Hall–Kier alpha value is -2.82. The van der Waals surface area contributed by atoms with Crippen molar-refractivity contribution in [2.45, 2.75) is 12.6 Å². The van der Waals surface area contributed by atoms with Crippen molar-refractivity contribution >= 4 is 33.4 Å². The summed E-state index contributed by atoms with van der Waals surface area (Å²) in [6.45, 7) is 2.30. The van der Waals surface area contributed by atoms with Crippen LogP contribution >= 0.6 is 11.3 Å². The van der Waals surface area contributed by atoms with Crippen LogP contribution < -0.4 is 5.32 Å². The maximum atomic E-state index is 12.8. The van der Waals surface area contributed by atoms with Crippen molar-refractivity contribution < 1.29 is 19.1 Å². The standard InChI is InChI=1S/C20H23N5O4S/c1-28-10-7-21-19(27)18-17(14-4-2-5-22-20(14)30-18)15-12-24(9-11-29-15)16(26)13-25-8-3-6-23-25/h2-6,8,15H,7,9-13H2,1H3,(H,21,27)/t15-/m1/s1. The number of carbonyl (C=O) groups excluding carboxylic acids is 2. The van der Waals surface area contributed by atoms with Gasteiger partial charge >= 0.3 is 0 Å². The molecular weight excluding hydrogens is 406 g/mol. The van der Waals surface area contributed by atoms with Crippen LogP contribution in [0.25, 0.3) is 10.2 Å². The largest absolute Gasteiger partial charge is 0.383 e. The normalized spacial score (nSPS) is 16.7. The van der Waals surface area contributed by atoms with Crippen LogP contribution in [-0.4, -0.2) is 71.4 Å². The van der Waals surface area contributed by atoms with Crippen molar-refractivity contribution in [2.24, 2.45) is 0 Å². The summed E-state index contributed by atoms with van der Waals surface area (Å²) in [4.78, 5) is 33.1. The van der Waals surface area contributed by atoms with E-state index in [0.29, 0.717) is 37.7 Å². The number of morpholine rings is 1. The molecule has 30 heavy (non-hydrogen) atoms. The lowest BCUT2D eigenvalue weighted by molar-refractivity contribution is -0.139. The third kappa shape index (κ3) is 4.35. The second-order valence-electron chi connectivity index (χ2n) is 6.85. The van der Waals surface area contributed by atoms with Crippen molar-refractivity contribution in [2.75, 3.05) is 40.0 Å². The first-order valence-electron chi connectivity index (χ1n) is 9.68. The van der Waals surface area contributed by atoms with Crippen molar-refractivity contribution in [1.29, 1.82) is 0 Å². The first-order valence-corrected chi connectivity index (χ1v) is 10.5. The van der Waals surface area contributed by atoms with Gasteiger partial charge in [0, 0.05) is 49.7 Å². The molecule has 0 unspecified atom stereocenters. The van der Waals surface area contributed by atoms with E-state index in [1.807, 2.05) is 12.1 Å². The fourth-order valence-electron chi connectivity index (χ4n) is 3.47. The highest BCUT2D eigenvalue weighted by Crippen LogP contribution is 2.37. The van der Waals surface area contributed by atoms with Crippen molar-refractivity contribution in [3.05, 3.63) is 47.2 Å². The molecule has 0 saturated carbocycles. The summed E-state index contributed by atoms with van der Waals surface area (Å²) in [5.41, 5.74) is 0.787. The number of aromatic nitrogens is 3. The summed E-state index contributed by atoms with van der Waals surface area (Å²) in [7, 11) is 1.59. The van der Waals surface area contributed by atoms with Crippen LogP contribution in [0, 0.1) is 0 Å². The molecular formula is C20H23N5O4S. The van der Waals surface area contributed by atoms with Crippen LogP contribution in [0.1, 0.15) is 21.3 Å². The number of thiophene rings is 1. The van der Waals surface area contributed by atoms with E-state index in [9.17, 15) is 9.59 Å². The van der Waals surface area contributed by atoms with Gasteiger partial charge in [-0.05, 0) is 12.1 Å². The molecule has 0 spiro atoms. The number of nitrogens with one attached hydrogen (secondary N) is 1. The SMILES string of the molecule is COCCNC(=O)c1sc2ncccc2c1[C@H]1CN(C(=O)Cn2cccn2)CCO1. The monoisotopic (exact) mass is 429 g/mol. The lowest BCUT2D eigenvalue weighted by Gasteiger charge is -2.33. The third-order valence-corrected chi connectivity index (χ3v) is 6.03. The van der Waals surface area contributed by atoms with Crippen LogP contribution in [0.5, 0.6) is 0 Å². The molecule has 9 nitrogen and oxygen atoms in total. The minimum Gasteiger partial charge on any atom is -0.383 e. The van der Waals surface area contributed by atoms with Crippen LogP contribution in [0.15, 0.2) is 36.8 Å². The molecule has 1 atom stereocenters. The fourth-order valence-corrected chi connectivity index (χ4v) is 4.58. The average molecular weight is 430 g/mol. The fraction of sp³-hybridized carbons (Fsp3) is 0.400. The number of carbonyl (C=O) groups is 2. The quantitative estimate of drug-likeness (QED) is 0.571. The predicted molar refractivity (Wildman–Crippen MR) is 111 cm³/mol. The molecule has 4 rings (SSSR count). The van der Waals surface area contributed by atoms with Crippen LogP contribution in [-0.2, 0) is 20.8 Å². The zero-order chi connectivity index (χ0) is 20.9. The number of nitrogens with zero attached hydrogens (tertiary/aromatic N) is 4. The van der Waals surface area contributed by atoms with Crippen molar-refractivity contribution in [3.8, 4) is 0 Å². The van der Waals surface area contributed by atoms with Gasteiger partial charge in [0.15, 0.2) is 0 Å². The summed E-state index contributed by atoms with van der Waals surface area (Å²) >= 11 is 1.34. The highest BCUT2D eigenvalue weighted by atomic mass is 32.1. The molecule has 0 bridgehead atoms. The van der Waals surface area contributed by atoms with Crippen LogP contribution in [0.4, 0.5) is 0 Å². The highest BCUT2D eigenvalue weighted by molar-refractivity contribution is 7.20. The Morgan fingerprint density at radius 3 is 3.07 bits per heavy atom. The molecule has 1 fully saturated rings. The summed E-state index contributed by atoms with van der Waals surface area (Å²) < 4.78 is 12.6. The van der Waals surface area contributed by atoms with E-state index in [0.717, 1.165) is 15.8 Å². The second-order valence-corrected chi connectivity index (χ2v) is 7.85. The molecule has 1 aliphatic rings. The number of rotatable bonds is 7. The van der Waals surface area contributed by atoms with E-state index in [4.69, 9.17) is 9.47 Å². The van der Waals surface area contributed by atoms with E-state index < -0.39 is 6.10 Å². The number of ether oxygens (including phenoxy) is 2. The van der Waals surface area contributed by atoms with Crippen molar-refractivity contribution in [3.63, 3.8) is 0 Å². The lowest BCUT2D eigenvalue weighted by atomic mass is 10.0. The summed E-state index contributed by atoms with van der Waals surface area (Å²) in [5, 5.41) is 7.86. The third-order valence-electron chi connectivity index (χ3n) is 4.90. The Morgan fingerprint density at radius 1 is 1.37 bits per heavy atom. The Morgan fingerprint density at radius 2 is 2.27 bits per heavy atom. The van der Waals surface area contributed by atoms with Gasteiger partial charge in [-0.15, -0.1) is 11.3 Å². The van der Waals surface area contributed by atoms with E-state index in [1.54, 1.807) is 41.3 Å². The Bertz CT molecular complexity index is 1020. The summed E-state index contributed by atoms with van der Waals surface area (Å²) in [5.74, 6) is -0.218. The minimum atomic E-state index is -0.401. The van der Waals surface area contributed by atoms with E-state index in [1.165, 1.54) is 11.3 Å². The van der Waals surface area contributed by atoms with Gasteiger partial charge in [-0.2, -0.15) is 5.10 Å². The van der Waals surface area contributed by atoms with Gasteiger partial charge in [-0.3, -0.25) is 14.3 Å². The first kappa shape index (κ1) is 20.5. The lowest BCUT2D eigenvalue weighted by Crippen LogP contribution is -2.44. The molecule has 0 radical (unpaired) electrons. The van der Waals surface area contributed by atoms with Crippen LogP contribution in [0.3, 0.4) is 0 Å². The van der Waals surface area contributed by atoms with Gasteiger partial charge in [0.1, 0.15) is 22.4 Å². The van der Waals surface area contributed by atoms with Gasteiger partial charge in [0.2, 0.25) is 5.91 Å². The zero-order valence-corrected chi connectivity index (χ0v) is 17.4. The maximum Gasteiger partial charge on any atom is 0.261 e. The molecule has 1 N–H and O–H groups in total. The molecule has 10 heteroatoms. The number of hydrogen-bond donors (Lipinski definition) is 1. The molecule has 3 aromatic rings. The number of methoxy groups -OCH3 is 1. The Labute approximate surface area is 177 Å². The maximum absolute atomic E-state index is 12.8. The van der Waals surface area contributed by atoms with Gasteiger partial charge < -0.3 is 19.7 Å². The first-order chi connectivity index (χ1) is 14.7. The van der Waals surface area contributed by atoms with Crippen molar-refractivity contribution in [1.82, 2.24) is 25.0 Å². The van der Waals surface area contributed by atoms with Gasteiger partial charge in [-0.1, -0.05) is 6.07 Å². The summed E-state index contributed by atoms with van der Waals surface area (Å²) in [6, 6.07) is 5.57. The van der Waals surface area contributed by atoms with Crippen LogP contribution in [0.2, 0.25) is 0 Å². The van der Waals surface area contributed by atoms with E-state index >= 15 is 0 Å². The number of hydrogen-bond acceptors (Lipinski definition) is 7. The Kier molecular flexibility index (Phi) is 6.36. The molecule has 158 valence electrons.